The highest BCUT2D eigenvalue weighted by molar-refractivity contribution is 5.37. The van der Waals surface area contributed by atoms with E-state index in [2.05, 4.69) is 4.98 Å². The van der Waals surface area contributed by atoms with E-state index in [0.29, 0.717) is 6.42 Å². The van der Waals surface area contributed by atoms with E-state index in [1.165, 1.54) is 0 Å². The Balaban J connectivity index is 2.30. The van der Waals surface area contributed by atoms with Gasteiger partial charge in [0.25, 0.3) is 6.01 Å². The van der Waals surface area contributed by atoms with Crippen LogP contribution in [0.2, 0.25) is 0 Å². The molecule has 1 aromatic carbocycles. The number of nitrogens with two attached hydrogens (primary N) is 1. The lowest BCUT2D eigenvalue weighted by Gasteiger charge is -2.06. The first kappa shape index (κ1) is 10.5. The first-order valence-electron chi connectivity index (χ1n) is 5.04. The molecule has 2 aromatic rings. The number of hydrogen-bond donors (Lipinski definition) is 1. The largest absolute Gasteiger partial charge is 0.496 e. The third-order valence-corrected chi connectivity index (χ3v) is 2.46. The van der Waals surface area contributed by atoms with Gasteiger partial charge in [-0.25, -0.2) is 0 Å². The Morgan fingerprint density at radius 2 is 2.12 bits per heavy atom. The summed E-state index contributed by atoms with van der Waals surface area (Å²) < 4.78 is 10.5. The van der Waals surface area contributed by atoms with Gasteiger partial charge in [-0.15, -0.1) is 0 Å². The van der Waals surface area contributed by atoms with Crippen molar-refractivity contribution in [2.75, 3.05) is 12.8 Å². The molecular formula is C12H14N2O2. The van der Waals surface area contributed by atoms with Crippen molar-refractivity contribution in [1.82, 2.24) is 4.98 Å². The van der Waals surface area contributed by atoms with Gasteiger partial charge in [-0.3, -0.25) is 0 Å². The van der Waals surface area contributed by atoms with Crippen LogP contribution in [0.25, 0.3) is 0 Å². The summed E-state index contributed by atoms with van der Waals surface area (Å²) in [5.41, 5.74) is 7.41. The maximum absolute atomic E-state index is 5.49. The molecule has 2 rings (SSSR count). The van der Waals surface area contributed by atoms with Crippen molar-refractivity contribution in [2.45, 2.75) is 13.3 Å². The van der Waals surface area contributed by atoms with Crippen LogP contribution in [0, 0.1) is 6.92 Å². The molecule has 0 atom stereocenters. The fourth-order valence-corrected chi connectivity index (χ4v) is 1.64. The summed E-state index contributed by atoms with van der Waals surface area (Å²) in [4.78, 5) is 4.14. The van der Waals surface area contributed by atoms with Gasteiger partial charge in [0.2, 0.25) is 0 Å². The molecular weight excluding hydrogens is 204 g/mol. The first-order valence-corrected chi connectivity index (χ1v) is 5.04. The van der Waals surface area contributed by atoms with Gasteiger partial charge in [0.05, 0.1) is 12.8 Å². The molecule has 0 bridgehead atoms. The van der Waals surface area contributed by atoms with E-state index in [0.717, 1.165) is 22.8 Å². The van der Waals surface area contributed by atoms with Crippen LogP contribution in [0.15, 0.2) is 28.7 Å². The van der Waals surface area contributed by atoms with Crippen molar-refractivity contribution < 1.29 is 9.15 Å². The molecule has 0 radical (unpaired) electrons. The van der Waals surface area contributed by atoms with Crippen LogP contribution in [-0.4, -0.2) is 12.1 Å². The predicted octanol–water partition coefficient (Wildman–Crippen LogP) is 2.16. The molecule has 4 heteroatoms. The number of methoxy groups -OCH3 is 1. The summed E-state index contributed by atoms with van der Waals surface area (Å²) in [5.74, 6) is 1.60. The molecule has 84 valence electrons. The minimum atomic E-state index is 0.211. The smallest absolute Gasteiger partial charge is 0.292 e. The molecule has 0 saturated carbocycles. The minimum absolute atomic E-state index is 0.211. The highest BCUT2D eigenvalue weighted by Gasteiger charge is 2.10. The van der Waals surface area contributed by atoms with E-state index in [-0.39, 0.29) is 6.01 Å². The van der Waals surface area contributed by atoms with Gasteiger partial charge in [0, 0.05) is 12.0 Å². The SMILES string of the molecule is COc1ccccc1Cc1nc(N)oc1C. The van der Waals surface area contributed by atoms with E-state index in [4.69, 9.17) is 14.9 Å². The number of aromatic nitrogens is 1. The monoisotopic (exact) mass is 218 g/mol. The normalized spacial score (nSPS) is 10.4. The first-order chi connectivity index (χ1) is 7.70. The van der Waals surface area contributed by atoms with Gasteiger partial charge in [-0.05, 0) is 13.0 Å². The predicted molar refractivity (Wildman–Crippen MR) is 61.5 cm³/mol. The zero-order chi connectivity index (χ0) is 11.5. The maximum Gasteiger partial charge on any atom is 0.292 e. The van der Waals surface area contributed by atoms with Gasteiger partial charge in [0.15, 0.2) is 0 Å². The topological polar surface area (TPSA) is 61.3 Å². The molecule has 2 N–H and O–H groups in total. The highest BCUT2D eigenvalue weighted by atomic mass is 16.5. The molecule has 0 aliphatic carbocycles. The third kappa shape index (κ3) is 2.00. The molecule has 0 fully saturated rings. The van der Waals surface area contributed by atoms with Crippen molar-refractivity contribution in [3.8, 4) is 5.75 Å². The van der Waals surface area contributed by atoms with E-state index >= 15 is 0 Å². The zero-order valence-corrected chi connectivity index (χ0v) is 9.36. The summed E-state index contributed by atoms with van der Waals surface area (Å²) in [6.07, 6.45) is 0.663. The number of ether oxygens (including phenoxy) is 1. The number of nitrogen functional groups attached to an aromatic ring is 1. The Morgan fingerprint density at radius 3 is 2.75 bits per heavy atom. The molecule has 1 aromatic heterocycles. The molecule has 0 amide bonds. The van der Waals surface area contributed by atoms with Crippen molar-refractivity contribution in [2.24, 2.45) is 0 Å². The van der Waals surface area contributed by atoms with Gasteiger partial charge < -0.3 is 14.9 Å². The second-order valence-corrected chi connectivity index (χ2v) is 3.54. The number of anilines is 1. The molecule has 0 aliphatic heterocycles. The average Bonchev–Trinajstić information content (AvgIpc) is 2.58. The van der Waals surface area contributed by atoms with E-state index in [9.17, 15) is 0 Å². The number of nitrogens with zero attached hydrogens (tertiary/aromatic N) is 1. The van der Waals surface area contributed by atoms with Crippen LogP contribution in [0.3, 0.4) is 0 Å². The lowest BCUT2D eigenvalue weighted by atomic mass is 10.1. The lowest BCUT2D eigenvalue weighted by Crippen LogP contribution is -1.95. The minimum Gasteiger partial charge on any atom is -0.496 e. The fraction of sp³-hybridized carbons (Fsp3) is 0.250. The number of rotatable bonds is 3. The van der Waals surface area contributed by atoms with Crippen LogP contribution >= 0.6 is 0 Å². The van der Waals surface area contributed by atoms with Gasteiger partial charge in [-0.2, -0.15) is 4.98 Å². The highest BCUT2D eigenvalue weighted by Crippen LogP contribution is 2.22. The maximum atomic E-state index is 5.49. The van der Waals surface area contributed by atoms with Gasteiger partial charge in [-0.1, -0.05) is 18.2 Å². The van der Waals surface area contributed by atoms with Crippen LogP contribution in [-0.2, 0) is 6.42 Å². The zero-order valence-electron chi connectivity index (χ0n) is 9.36. The summed E-state index contributed by atoms with van der Waals surface area (Å²) in [7, 11) is 1.66. The second kappa shape index (κ2) is 4.26. The number of para-hydroxylation sites is 1. The van der Waals surface area contributed by atoms with Crippen LogP contribution in [0.1, 0.15) is 17.0 Å². The van der Waals surface area contributed by atoms with Crippen LogP contribution in [0.4, 0.5) is 6.01 Å². The molecule has 1 heterocycles. The molecule has 0 aliphatic rings. The Morgan fingerprint density at radius 1 is 1.38 bits per heavy atom. The number of aryl methyl sites for hydroxylation is 1. The summed E-state index contributed by atoms with van der Waals surface area (Å²) in [6, 6.07) is 8.04. The van der Waals surface area contributed by atoms with Crippen molar-refractivity contribution in [1.29, 1.82) is 0 Å². The Hall–Kier alpha value is -1.97. The average molecular weight is 218 g/mol. The van der Waals surface area contributed by atoms with Gasteiger partial charge in [0.1, 0.15) is 11.5 Å². The Bertz CT molecular complexity index is 492. The standard InChI is InChI=1S/C12H14N2O2/c1-8-10(14-12(13)16-8)7-9-5-3-4-6-11(9)15-2/h3-6H,7H2,1-2H3,(H2,13,14). The molecule has 0 saturated heterocycles. The fourth-order valence-electron chi connectivity index (χ4n) is 1.64. The van der Waals surface area contributed by atoms with E-state index in [1.807, 2.05) is 31.2 Å². The summed E-state index contributed by atoms with van der Waals surface area (Å²) in [5, 5.41) is 0. The summed E-state index contributed by atoms with van der Waals surface area (Å²) in [6.45, 7) is 1.86. The molecule has 4 nitrogen and oxygen atoms in total. The quantitative estimate of drug-likeness (QED) is 0.857. The van der Waals surface area contributed by atoms with Gasteiger partial charge >= 0.3 is 0 Å². The van der Waals surface area contributed by atoms with E-state index < -0.39 is 0 Å². The third-order valence-electron chi connectivity index (χ3n) is 2.46. The molecule has 0 spiro atoms. The number of oxazole rings is 1. The molecule has 16 heavy (non-hydrogen) atoms. The Kier molecular flexibility index (Phi) is 2.81. The Labute approximate surface area is 94.1 Å². The van der Waals surface area contributed by atoms with Crippen molar-refractivity contribution in [3.63, 3.8) is 0 Å². The number of benzene rings is 1. The second-order valence-electron chi connectivity index (χ2n) is 3.54. The lowest BCUT2D eigenvalue weighted by molar-refractivity contribution is 0.410. The van der Waals surface area contributed by atoms with Crippen LogP contribution in [0.5, 0.6) is 5.75 Å². The van der Waals surface area contributed by atoms with E-state index in [1.54, 1.807) is 7.11 Å². The molecule has 0 unspecified atom stereocenters. The van der Waals surface area contributed by atoms with Crippen molar-refractivity contribution >= 4 is 6.01 Å². The number of hydrogen-bond acceptors (Lipinski definition) is 4. The summed E-state index contributed by atoms with van der Waals surface area (Å²) >= 11 is 0. The van der Waals surface area contributed by atoms with Crippen LogP contribution < -0.4 is 10.5 Å². The van der Waals surface area contributed by atoms with Crippen molar-refractivity contribution in [3.05, 3.63) is 41.3 Å².